The number of hydrogen-bond acceptors (Lipinski definition) is 5. The minimum absolute atomic E-state index is 0.0279. The normalized spacial score (nSPS) is 12.2. The van der Waals surface area contributed by atoms with Crippen molar-refractivity contribution in [3.63, 3.8) is 0 Å². The van der Waals surface area contributed by atoms with Gasteiger partial charge in [0.15, 0.2) is 0 Å². The van der Waals surface area contributed by atoms with Crippen molar-refractivity contribution in [1.29, 1.82) is 0 Å². The van der Waals surface area contributed by atoms with Crippen LogP contribution in [-0.2, 0) is 0 Å². The van der Waals surface area contributed by atoms with Gasteiger partial charge in [-0.25, -0.2) is 4.98 Å². The predicted octanol–water partition coefficient (Wildman–Crippen LogP) is 5.49. The van der Waals surface area contributed by atoms with Crippen LogP contribution < -0.4 is 4.74 Å². The number of carbonyl (C=O) groups is 1. The highest BCUT2D eigenvalue weighted by Gasteiger charge is 2.22. The van der Waals surface area contributed by atoms with E-state index < -0.39 is 0 Å². The summed E-state index contributed by atoms with van der Waals surface area (Å²) in [5, 5.41) is 4.69. The van der Waals surface area contributed by atoms with Crippen LogP contribution in [0.15, 0.2) is 47.2 Å². The molecule has 0 radical (unpaired) electrons. The largest absolute Gasteiger partial charge is 0.491 e. The van der Waals surface area contributed by atoms with Crippen molar-refractivity contribution in [3.05, 3.63) is 57.7 Å². The van der Waals surface area contributed by atoms with Crippen molar-refractivity contribution in [3.8, 4) is 16.3 Å². The Morgan fingerprint density at radius 3 is 2.46 bits per heavy atom. The average molecular weight is 387 g/mol. The Kier molecular flexibility index (Phi) is 5.74. The Hall–Kier alpha value is -2.18. The summed E-state index contributed by atoms with van der Waals surface area (Å²) in [7, 11) is 1.82. The second-order valence-corrected chi connectivity index (χ2v) is 8.17. The standard InChI is InChI=1S/C20H22N2O2S2/c1-13(2)24-16-9-7-15(8-10-16)19-21-17(12-26-19)20(23)22(4)14(3)18-6-5-11-25-18/h5-14H,1-4H3. The van der Waals surface area contributed by atoms with Gasteiger partial charge in [0, 0.05) is 22.9 Å². The van der Waals surface area contributed by atoms with Crippen molar-refractivity contribution in [2.24, 2.45) is 0 Å². The van der Waals surface area contributed by atoms with Crippen LogP contribution in [-0.4, -0.2) is 28.9 Å². The predicted molar refractivity (Wildman–Crippen MR) is 108 cm³/mol. The van der Waals surface area contributed by atoms with Crippen LogP contribution in [0, 0.1) is 0 Å². The number of nitrogens with zero attached hydrogens (tertiary/aromatic N) is 2. The molecule has 2 aromatic heterocycles. The van der Waals surface area contributed by atoms with E-state index in [-0.39, 0.29) is 18.1 Å². The van der Waals surface area contributed by atoms with Gasteiger partial charge in [-0.2, -0.15) is 0 Å². The minimum Gasteiger partial charge on any atom is -0.491 e. The third kappa shape index (κ3) is 4.14. The first-order chi connectivity index (χ1) is 12.5. The number of rotatable bonds is 6. The molecule has 0 aliphatic carbocycles. The summed E-state index contributed by atoms with van der Waals surface area (Å²) in [5.41, 5.74) is 1.47. The number of carbonyl (C=O) groups excluding carboxylic acids is 1. The zero-order chi connectivity index (χ0) is 18.7. The number of hydrogen-bond donors (Lipinski definition) is 0. The van der Waals surface area contributed by atoms with Gasteiger partial charge in [0.25, 0.3) is 5.91 Å². The molecule has 0 N–H and O–H groups in total. The van der Waals surface area contributed by atoms with Gasteiger partial charge in [-0.1, -0.05) is 6.07 Å². The maximum Gasteiger partial charge on any atom is 0.273 e. The zero-order valence-corrected chi connectivity index (χ0v) is 16.9. The summed E-state index contributed by atoms with van der Waals surface area (Å²) in [6, 6.07) is 11.9. The summed E-state index contributed by atoms with van der Waals surface area (Å²) in [6.45, 7) is 6.03. The molecule has 0 saturated carbocycles. The van der Waals surface area contributed by atoms with Crippen LogP contribution in [0.2, 0.25) is 0 Å². The summed E-state index contributed by atoms with van der Waals surface area (Å²) in [6.07, 6.45) is 0.144. The lowest BCUT2D eigenvalue weighted by Gasteiger charge is -2.23. The Labute approximate surface area is 162 Å². The van der Waals surface area contributed by atoms with Crippen LogP contribution in [0.25, 0.3) is 10.6 Å². The molecular formula is C20H22N2O2S2. The van der Waals surface area contributed by atoms with Crippen LogP contribution in [0.4, 0.5) is 0 Å². The molecule has 1 amide bonds. The van der Waals surface area contributed by atoms with Crippen LogP contribution in [0.3, 0.4) is 0 Å². The summed E-state index contributed by atoms with van der Waals surface area (Å²) in [4.78, 5) is 20.2. The van der Waals surface area contributed by atoms with Crippen molar-refractivity contribution in [2.75, 3.05) is 7.05 Å². The second-order valence-electron chi connectivity index (χ2n) is 6.34. The van der Waals surface area contributed by atoms with Crippen LogP contribution >= 0.6 is 22.7 Å². The lowest BCUT2D eigenvalue weighted by Crippen LogP contribution is -2.29. The molecule has 0 spiro atoms. The SMILES string of the molecule is CC(C)Oc1ccc(-c2nc(C(=O)N(C)C(C)c3cccs3)cs2)cc1. The lowest BCUT2D eigenvalue weighted by atomic mass is 10.2. The minimum atomic E-state index is -0.0619. The molecule has 0 aliphatic rings. The van der Waals surface area contributed by atoms with Crippen LogP contribution in [0.1, 0.15) is 42.2 Å². The van der Waals surface area contributed by atoms with Gasteiger partial charge in [0.05, 0.1) is 12.1 Å². The highest BCUT2D eigenvalue weighted by molar-refractivity contribution is 7.13. The van der Waals surface area contributed by atoms with Gasteiger partial charge in [0.2, 0.25) is 0 Å². The van der Waals surface area contributed by atoms with Crippen molar-refractivity contribution >= 4 is 28.6 Å². The highest BCUT2D eigenvalue weighted by Crippen LogP contribution is 2.28. The number of benzene rings is 1. The second kappa shape index (κ2) is 8.01. The molecular weight excluding hydrogens is 364 g/mol. The number of thiophene rings is 1. The zero-order valence-electron chi connectivity index (χ0n) is 15.3. The maximum atomic E-state index is 12.8. The smallest absolute Gasteiger partial charge is 0.273 e. The van der Waals surface area contributed by atoms with Gasteiger partial charge in [0.1, 0.15) is 16.5 Å². The van der Waals surface area contributed by atoms with E-state index in [2.05, 4.69) is 4.98 Å². The Bertz CT molecular complexity index is 854. The summed E-state index contributed by atoms with van der Waals surface area (Å²) in [5.74, 6) is 0.772. The molecule has 2 heterocycles. The summed E-state index contributed by atoms with van der Waals surface area (Å²) < 4.78 is 5.66. The Morgan fingerprint density at radius 2 is 1.85 bits per heavy atom. The van der Waals surface area contributed by atoms with E-state index in [4.69, 9.17) is 4.74 Å². The first-order valence-electron chi connectivity index (χ1n) is 8.49. The molecule has 1 atom stereocenters. The van der Waals surface area contributed by atoms with E-state index in [9.17, 15) is 4.79 Å². The Balaban J connectivity index is 1.73. The van der Waals surface area contributed by atoms with E-state index in [1.165, 1.54) is 11.3 Å². The number of amides is 1. The van der Waals surface area contributed by atoms with Crippen molar-refractivity contribution in [1.82, 2.24) is 9.88 Å². The quantitative estimate of drug-likeness (QED) is 0.562. The van der Waals surface area contributed by atoms with E-state index >= 15 is 0 Å². The van der Waals surface area contributed by atoms with E-state index in [1.807, 2.05) is 75.0 Å². The topological polar surface area (TPSA) is 42.4 Å². The van der Waals surface area contributed by atoms with E-state index in [0.29, 0.717) is 5.69 Å². The van der Waals surface area contributed by atoms with Gasteiger partial charge in [-0.3, -0.25) is 4.79 Å². The Morgan fingerprint density at radius 1 is 1.12 bits per heavy atom. The van der Waals surface area contributed by atoms with E-state index in [0.717, 1.165) is 21.2 Å². The molecule has 1 aromatic carbocycles. The molecule has 6 heteroatoms. The first kappa shape index (κ1) is 18.6. The van der Waals surface area contributed by atoms with Gasteiger partial charge < -0.3 is 9.64 Å². The maximum absolute atomic E-state index is 12.8. The number of aromatic nitrogens is 1. The molecule has 136 valence electrons. The molecule has 3 rings (SSSR count). The first-order valence-corrected chi connectivity index (χ1v) is 10.2. The summed E-state index contributed by atoms with van der Waals surface area (Å²) >= 11 is 3.14. The fraction of sp³-hybridized carbons (Fsp3) is 0.300. The van der Waals surface area contributed by atoms with Crippen molar-refractivity contribution < 1.29 is 9.53 Å². The number of ether oxygens (including phenoxy) is 1. The van der Waals surface area contributed by atoms with E-state index in [1.54, 1.807) is 16.2 Å². The van der Waals surface area contributed by atoms with Gasteiger partial charge in [-0.15, -0.1) is 22.7 Å². The highest BCUT2D eigenvalue weighted by atomic mass is 32.1. The lowest BCUT2D eigenvalue weighted by molar-refractivity contribution is 0.0740. The molecule has 26 heavy (non-hydrogen) atoms. The molecule has 4 nitrogen and oxygen atoms in total. The van der Waals surface area contributed by atoms with Gasteiger partial charge >= 0.3 is 0 Å². The average Bonchev–Trinajstić information content (AvgIpc) is 3.32. The molecule has 0 aliphatic heterocycles. The monoisotopic (exact) mass is 386 g/mol. The molecule has 1 unspecified atom stereocenters. The van der Waals surface area contributed by atoms with Crippen LogP contribution in [0.5, 0.6) is 5.75 Å². The molecule has 0 saturated heterocycles. The fourth-order valence-corrected chi connectivity index (χ4v) is 4.16. The molecule has 0 bridgehead atoms. The molecule has 0 fully saturated rings. The third-order valence-corrected chi connectivity index (χ3v) is 5.99. The third-order valence-electron chi connectivity index (χ3n) is 4.05. The van der Waals surface area contributed by atoms with Crippen molar-refractivity contribution in [2.45, 2.75) is 32.9 Å². The van der Waals surface area contributed by atoms with Gasteiger partial charge in [-0.05, 0) is 56.5 Å². The molecule has 3 aromatic rings. The fourth-order valence-electron chi connectivity index (χ4n) is 2.53. The number of thiazole rings is 1.